The molecule has 0 aromatic heterocycles. The van der Waals surface area contributed by atoms with E-state index < -0.39 is 17.7 Å². The predicted octanol–water partition coefficient (Wildman–Crippen LogP) is 4.45. The summed E-state index contributed by atoms with van der Waals surface area (Å²) in [5.74, 6) is 0.447. The van der Waals surface area contributed by atoms with Gasteiger partial charge in [0.1, 0.15) is 23.9 Å². The number of aliphatic hydroxyl groups excluding tert-OH is 1. The molecule has 3 amide bonds. The minimum Gasteiger partial charge on any atom is -0.489 e. The average molecular weight is 641 g/mol. The smallest absolute Gasteiger partial charge is 0.251 e. The van der Waals surface area contributed by atoms with Crippen molar-refractivity contribution in [3.8, 4) is 5.75 Å². The van der Waals surface area contributed by atoms with Crippen LogP contribution in [-0.2, 0) is 22.7 Å². The predicted molar refractivity (Wildman–Crippen MR) is 176 cm³/mol. The van der Waals surface area contributed by atoms with E-state index in [0.29, 0.717) is 37.3 Å². The Morgan fingerprint density at radius 2 is 1.67 bits per heavy atom. The van der Waals surface area contributed by atoms with Crippen molar-refractivity contribution in [2.45, 2.75) is 95.5 Å². The Morgan fingerprint density at radius 1 is 1.02 bits per heavy atom. The molecule has 1 spiro atoms. The molecule has 45 heavy (non-hydrogen) atoms. The molecule has 2 saturated heterocycles. The van der Waals surface area contributed by atoms with Crippen LogP contribution in [0, 0.1) is 5.92 Å². The Kier molecular flexibility index (Phi) is 12.3. The highest BCUT2D eigenvalue weighted by Gasteiger charge is 2.55. The van der Waals surface area contributed by atoms with E-state index in [1.165, 1.54) is 12.0 Å². The average Bonchev–Trinajstić information content (AvgIpc) is 3.07. The molecular formula is C35H49ClN4O5. The Hall–Kier alpha value is -3.14. The van der Waals surface area contributed by atoms with E-state index in [2.05, 4.69) is 46.7 Å². The molecule has 3 aliphatic rings. The lowest BCUT2D eigenvalue weighted by Crippen LogP contribution is -2.75. The lowest BCUT2D eigenvalue weighted by Gasteiger charge is -2.52. The van der Waals surface area contributed by atoms with Crippen molar-refractivity contribution in [3.05, 3.63) is 65.2 Å². The second kappa shape index (κ2) is 15.9. The first-order valence-corrected chi connectivity index (χ1v) is 16.4. The van der Waals surface area contributed by atoms with Gasteiger partial charge in [0.25, 0.3) is 5.91 Å². The molecular weight excluding hydrogens is 592 g/mol. The number of aliphatic hydroxyl groups is 1. The lowest BCUT2D eigenvalue weighted by atomic mass is 9.78. The SMILES string of the molecule is CCCCN1C(=O)[C@@H]([C@H](O)C2CCCCC2)NC(=O)C12CCN(Cc1ccc(COc3ccc(C(=O)NC)cc3)cc1)CC2.Cl. The first kappa shape index (κ1) is 34.7. The number of piperazine rings is 1. The lowest BCUT2D eigenvalue weighted by molar-refractivity contribution is -0.166. The van der Waals surface area contributed by atoms with Crippen molar-refractivity contribution in [2.24, 2.45) is 5.92 Å². The summed E-state index contributed by atoms with van der Waals surface area (Å²) in [6.45, 7) is 5.29. The van der Waals surface area contributed by atoms with Gasteiger partial charge in [-0.15, -0.1) is 12.4 Å². The molecule has 3 fully saturated rings. The molecule has 1 saturated carbocycles. The van der Waals surface area contributed by atoms with Crippen LogP contribution in [0.3, 0.4) is 0 Å². The molecule has 9 nitrogen and oxygen atoms in total. The second-order valence-electron chi connectivity index (χ2n) is 12.7. The summed E-state index contributed by atoms with van der Waals surface area (Å²) in [4.78, 5) is 43.5. The highest BCUT2D eigenvalue weighted by atomic mass is 35.5. The third kappa shape index (κ3) is 7.99. The van der Waals surface area contributed by atoms with Gasteiger partial charge < -0.3 is 25.4 Å². The van der Waals surface area contributed by atoms with Gasteiger partial charge in [-0.2, -0.15) is 0 Å². The maximum absolute atomic E-state index is 13.8. The molecule has 0 radical (unpaired) electrons. The Bertz CT molecular complexity index is 1270. The van der Waals surface area contributed by atoms with E-state index in [1.807, 2.05) is 4.90 Å². The third-order valence-electron chi connectivity index (χ3n) is 9.83. The second-order valence-corrected chi connectivity index (χ2v) is 12.7. The summed E-state index contributed by atoms with van der Waals surface area (Å²) in [5.41, 5.74) is 1.98. The molecule has 5 rings (SSSR count). The first-order valence-electron chi connectivity index (χ1n) is 16.4. The fourth-order valence-electron chi connectivity index (χ4n) is 7.05. The summed E-state index contributed by atoms with van der Waals surface area (Å²) in [6, 6.07) is 14.6. The quantitative estimate of drug-likeness (QED) is 0.335. The van der Waals surface area contributed by atoms with Gasteiger partial charge in [-0.1, -0.05) is 56.9 Å². The Morgan fingerprint density at radius 3 is 2.29 bits per heavy atom. The number of carbonyl (C=O) groups excluding carboxylic acids is 3. The number of carbonyl (C=O) groups is 3. The van der Waals surface area contributed by atoms with Crippen molar-refractivity contribution in [3.63, 3.8) is 0 Å². The summed E-state index contributed by atoms with van der Waals surface area (Å²) >= 11 is 0. The van der Waals surface area contributed by atoms with Crippen LogP contribution in [-0.4, -0.2) is 77.0 Å². The zero-order valence-corrected chi connectivity index (χ0v) is 27.4. The standard InChI is InChI=1S/C35H48N4O5.ClH/c1-3-4-20-39-33(42)30(31(40)27-8-6-5-7-9-27)37-34(43)35(39)18-21-38(22-19-35)23-25-10-12-26(13-11-25)24-44-29-16-14-28(15-17-29)32(41)36-2;/h10-17,27,30-31,40H,3-9,18-24H2,1-2H3,(H,36,41)(H,37,43);1H/t30-,31-;/m1./s1. The zero-order chi connectivity index (χ0) is 31.1. The molecule has 2 aromatic rings. The van der Waals surface area contributed by atoms with Gasteiger partial charge in [-0.05, 0) is 73.4 Å². The number of unbranched alkanes of at least 4 members (excludes halogenated alkanes) is 1. The van der Waals surface area contributed by atoms with E-state index in [4.69, 9.17) is 4.74 Å². The van der Waals surface area contributed by atoms with Crippen molar-refractivity contribution in [1.29, 1.82) is 0 Å². The van der Waals surface area contributed by atoms with Gasteiger partial charge in [0.15, 0.2) is 0 Å². The van der Waals surface area contributed by atoms with E-state index >= 15 is 0 Å². The van der Waals surface area contributed by atoms with Crippen LogP contribution in [0.5, 0.6) is 5.75 Å². The van der Waals surface area contributed by atoms with Gasteiger partial charge in [0.05, 0.1) is 6.10 Å². The van der Waals surface area contributed by atoms with E-state index in [0.717, 1.165) is 63.7 Å². The molecule has 10 heteroatoms. The number of rotatable bonds is 11. The number of piperidine rings is 1. The minimum atomic E-state index is -0.842. The number of ether oxygens (including phenoxy) is 1. The molecule has 2 atom stereocenters. The van der Waals surface area contributed by atoms with E-state index in [9.17, 15) is 19.5 Å². The minimum absolute atomic E-state index is 0. The number of halogens is 1. The number of nitrogens with one attached hydrogen (secondary N) is 2. The summed E-state index contributed by atoms with van der Waals surface area (Å²) in [5, 5.41) is 16.8. The fourth-order valence-corrected chi connectivity index (χ4v) is 7.05. The summed E-state index contributed by atoms with van der Waals surface area (Å²) < 4.78 is 5.90. The number of hydrogen-bond donors (Lipinski definition) is 3. The summed E-state index contributed by atoms with van der Waals surface area (Å²) in [7, 11) is 1.61. The van der Waals surface area contributed by atoms with Crippen LogP contribution in [0.2, 0.25) is 0 Å². The molecule has 0 bridgehead atoms. The summed E-state index contributed by atoms with van der Waals surface area (Å²) in [6.07, 6.45) is 7.28. The van der Waals surface area contributed by atoms with E-state index in [-0.39, 0.29) is 36.0 Å². The topological polar surface area (TPSA) is 111 Å². The van der Waals surface area contributed by atoms with Gasteiger partial charge in [-0.25, -0.2) is 0 Å². The maximum Gasteiger partial charge on any atom is 0.251 e. The van der Waals surface area contributed by atoms with Crippen molar-refractivity contribution in [2.75, 3.05) is 26.7 Å². The molecule has 3 N–H and O–H groups in total. The Balaban J connectivity index is 0.00000461. The Labute approximate surface area is 273 Å². The highest BCUT2D eigenvalue weighted by Crippen LogP contribution is 2.36. The first-order chi connectivity index (χ1) is 21.3. The van der Waals surface area contributed by atoms with Crippen molar-refractivity contribution >= 4 is 30.1 Å². The van der Waals surface area contributed by atoms with Gasteiger partial charge >= 0.3 is 0 Å². The van der Waals surface area contributed by atoms with Crippen molar-refractivity contribution in [1.82, 2.24) is 20.4 Å². The van der Waals surface area contributed by atoms with Crippen LogP contribution in [0.15, 0.2) is 48.5 Å². The van der Waals surface area contributed by atoms with Crippen molar-refractivity contribution < 1.29 is 24.2 Å². The number of amides is 3. The normalized spacial score (nSPS) is 21.1. The number of nitrogens with zero attached hydrogens (tertiary/aromatic N) is 2. The van der Waals surface area contributed by atoms with Crippen LogP contribution in [0.25, 0.3) is 0 Å². The largest absolute Gasteiger partial charge is 0.489 e. The molecule has 246 valence electrons. The monoisotopic (exact) mass is 640 g/mol. The molecule has 2 aliphatic heterocycles. The van der Waals surface area contributed by atoms with Crippen LogP contribution >= 0.6 is 12.4 Å². The molecule has 2 aromatic carbocycles. The third-order valence-corrected chi connectivity index (χ3v) is 9.83. The van der Waals surface area contributed by atoms with Crippen LogP contribution in [0.1, 0.15) is 86.2 Å². The van der Waals surface area contributed by atoms with Crippen LogP contribution < -0.4 is 15.4 Å². The number of likely N-dealkylation sites (tertiary alicyclic amines) is 1. The van der Waals surface area contributed by atoms with Gasteiger partial charge in [-0.3, -0.25) is 19.3 Å². The van der Waals surface area contributed by atoms with Crippen LogP contribution in [0.4, 0.5) is 0 Å². The number of hydrogen-bond acceptors (Lipinski definition) is 6. The van der Waals surface area contributed by atoms with E-state index in [1.54, 1.807) is 31.3 Å². The molecule has 0 unspecified atom stereocenters. The van der Waals surface area contributed by atoms with Gasteiger partial charge in [0, 0.05) is 38.8 Å². The maximum atomic E-state index is 13.8. The molecule has 1 aliphatic carbocycles. The van der Waals surface area contributed by atoms with Gasteiger partial charge in [0.2, 0.25) is 11.8 Å². The fraction of sp³-hybridized carbons (Fsp3) is 0.571. The zero-order valence-electron chi connectivity index (χ0n) is 26.6. The highest BCUT2D eigenvalue weighted by molar-refractivity contribution is 6.00. The number of benzene rings is 2. The molecule has 2 heterocycles.